The molecule has 2 aromatic carbocycles. The highest BCUT2D eigenvalue weighted by Gasteiger charge is 2.23. The molecule has 0 spiro atoms. The minimum atomic E-state index is -1.28. The average Bonchev–Trinajstić information content (AvgIpc) is 3.05. The van der Waals surface area contributed by atoms with Gasteiger partial charge in [-0.3, -0.25) is 4.31 Å². The summed E-state index contributed by atoms with van der Waals surface area (Å²) < 4.78 is 17.0. The number of aromatic nitrogens is 2. The molecule has 27 heavy (non-hydrogen) atoms. The summed E-state index contributed by atoms with van der Waals surface area (Å²) in [6.45, 7) is 9.55. The molecule has 0 fully saturated rings. The van der Waals surface area contributed by atoms with Gasteiger partial charge in [0.1, 0.15) is 5.82 Å². The highest BCUT2D eigenvalue weighted by molar-refractivity contribution is 7.86. The predicted molar refractivity (Wildman–Crippen MR) is 115 cm³/mol. The molecule has 0 radical (unpaired) electrons. The topological polar surface area (TPSA) is 50.2 Å². The van der Waals surface area contributed by atoms with Gasteiger partial charge in [0.05, 0.1) is 21.6 Å². The molecule has 0 amide bonds. The molecule has 1 aromatic heterocycles. The van der Waals surface area contributed by atoms with Crippen molar-refractivity contribution in [2.75, 3.05) is 23.7 Å². The maximum atomic E-state index is 13.0. The number of rotatable bonds is 5. The van der Waals surface area contributed by atoms with Gasteiger partial charge in [-0.2, -0.15) is 0 Å². The van der Waals surface area contributed by atoms with E-state index < -0.39 is 11.0 Å². The first-order valence-electron chi connectivity index (χ1n) is 9.20. The molecule has 0 aliphatic rings. The summed E-state index contributed by atoms with van der Waals surface area (Å²) in [4.78, 5) is 5.65. The predicted octanol–water partition coefficient (Wildman–Crippen LogP) is 4.55. The van der Waals surface area contributed by atoms with Crippen molar-refractivity contribution in [3.63, 3.8) is 0 Å². The number of imidazole rings is 1. The van der Waals surface area contributed by atoms with E-state index in [0.717, 1.165) is 39.7 Å². The number of benzene rings is 2. The Morgan fingerprint density at radius 2 is 1.81 bits per heavy atom. The van der Waals surface area contributed by atoms with Crippen molar-refractivity contribution in [2.24, 2.45) is 0 Å². The van der Waals surface area contributed by atoms with Crippen LogP contribution >= 0.6 is 0 Å². The van der Waals surface area contributed by atoms with Crippen LogP contribution in [0.5, 0.6) is 0 Å². The molecule has 0 saturated carbocycles. The molecule has 1 unspecified atom stereocenters. The van der Waals surface area contributed by atoms with E-state index in [1.54, 1.807) is 4.31 Å². The number of nitrogens with zero attached hydrogens (tertiary/aromatic N) is 3. The molecule has 0 saturated heterocycles. The van der Waals surface area contributed by atoms with Gasteiger partial charge in [0.25, 0.3) is 0 Å². The SMILES string of the molecule is CCn1c(C(C)(C)C)nc2cc(N(C)S(=O)c3ccc(NC)cc3)ccc21. The van der Waals surface area contributed by atoms with Gasteiger partial charge in [-0.05, 0) is 49.4 Å². The second kappa shape index (κ2) is 7.35. The van der Waals surface area contributed by atoms with E-state index >= 15 is 0 Å². The lowest BCUT2D eigenvalue weighted by atomic mass is 9.96. The second-order valence-corrected chi connectivity index (χ2v) is 9.14. The summed E-state index contributed by atoms with van der Waals surface area (Å²) in [7, 11) is 2.44. The van der Waals surface area contributed by atoms with Gasteiger partial charge in [0, 0.05) is 31.7 Å². The number of anilines is 2. The molecule has 0 bridgehead atoms. The van der Waals surface area contributed by atoms with Crippen LogP contribution in [0.25, 0.3) is 11.0 Å². The Hall–Kier alpha value is -2.34. The van der Waals surface area contributed by atoms with Crippen molar-refractivity contribution < 1.29 is 4.21 Å². The normalized spacial score (nSPS) is 13.0. The van der Waals surface area contributed by atoms with E-state index in [9.17, 15) is 4.21 Å². The van der Waals surface area contributed by atoms with Gasteiger partial charge in [-0.1, -0.05) is 20.8 Å². The summed E-state index contributed by atoms with van der Waals surface area (Å²) in [5, 5.41) is 3.08. The molecular formula is C21H28N4OS. The van der Waals surface area contributed by atoms with Crippen LogP contribution in [0.1, 0.15) is 33.5 Å². The zero-order valence-corrected chi connectivity index (χ0v) is 17.7. The van der Waals surface area contributed by atoms with Crippen molar-refractivity contribution >= 4 is 33.4 Å². The van der Waals surface area contributed by atoms with E-state index in [2.05, 4.69) is 43.6 Å². The summed E-state index contributed by atoms with van der Waals surface area (Å²) in [6, 6.07) is 13.8. The van der Waals surface area contributed by atoms with E-state index in [1.165, 1.54) is 0 Å². The van der Waals surface area contributed by atoms with Crippen LogP contribution < -0.4 is 9.62 Å². The van der Waals surface area contributed by atoms with Crippen LogP contribution in [0, 0.1) is 0 Å². The van der Waals surface area contributed by atoms with Crippen molar-refractivity contribution in [2.45, 2.75) is 44.6 Å². The average molecular weight is 385 g/mol. The Kier molecular flexibility index (Phi) is 5.29. The highest BCUT2D eigenvalue weighted by atomic mass is 32.2. The first kappa shape index (κ1) is 19.4. The fraction of sp³-hybridized carbons (Fsp3) is 0.381. The third-order valence-corrected chi connectivity index (χ3v) is 6.06. The van der Waals surface area contributed by atoms with Gasteiger partial charge in [-0.25, -0.2) is 9.19 Å². The Morgan fingerprint density at radius 1 is 1.15 bits per heavy atom. The quantitative estimate of drug-likeness (QED) is 0.702. The van der Waals surface area contributed by atoms with E-state index in [-0.39, 0.29) is 5.41 Å². The van der Waals surface area contributed by atoms with Gasteiger partial charge >= 0.3 is 0 Å². The van der Waals surface area contributed by atoms with Gasteiger partial charge in [-0.15, -0.1) is 0 Å². The van der Waals surface area contributed by atoms with Crippen LogP contribution in [0.4, 0.5) is 11.4 Å². The third-order valence-electron chi connectivity index (χ3n) is 4.68. The fourth-order valence-corrected chi connectivity index (χ4v) is 4.19. The van der Waals surface area contributed by atoms with Crippen LogP contribution in [-0.4, -0.2) is 27.9 Å². The van der Waals surface area contributed by atoms with E-state index in [1.807, 2.05) is 50.5 Å². The summed E-state index contributed by atoms with van der Waals surface area (Å²) in [6.07, 6.45) is 0. The Bertz CT molecular complexity index is 970. The summed E-state index contributed by atoms with van der Waals surface area (Å²) in [5.74, 6) is 1.07. The molecule has 144 valence electrons. The number of aryl methyl sites for hydroxylation is 1. The van der Waals surface area contributed by atoms with E-state index in [0.29, 0.717) is 0 Å². The zero-order valence-electron chi connectivity index (χ0n) is 16.9. The molecule has 3 aromatic rings. The van der Waals surface area contributed by atoms with Crippen molar-refractivity contribution in [3.05, 3.63) is 48.3 Å². The Labute approximate surface area is 164 Å². The van der Waals surface area contributed by atoms with Crippen molar-refractivity contribution in [1.82, 2.24) is 9.55 Å². The first-order valence-corrected chi connectivity index (χ1v) is 10.3. The van der Waals surface area contributed by atoms with E-state index in [4.69, 9.17) is 4.98 Å². The lowest BCUT2D eigenvalue weighted by Crippen LogP contribution is -2.20. The Morgan fingerprint density at radius 3 is 2.37 bits per heavy atom. The molecule has 1 atom stereocenters. The minimum Gasteiger partial charge on any atom is -0.388 e. The minimum absolute atomic E-state index is 0.0288. The molecule has 0 aliphatic carbocycles. The molecule has 0 aliphatic heterocycles. The van der Waals surface area contributed by atoms with Gasteiger partial charge < -0.3 is 9.88 Å². The smallest absolute Gasteiger partial charge is 0.152 e. The van der Waals surface area contributed by atoms with Crippen molar-refractivity contribution in [1.29, 1.82) is 0 Å². The second-order valence-electron chi connectivity index (χ2n) is 7.62. The largest absolute Gasteiger partial charge is 0.388 e. The highest BCUT2D eigenvalue weighted by Crippen LogP contribution is 2.29. The molecular weight excluding hydrogens is 356 g/mol. The Balaban J connectivity index is 1.97. The molecule has 1 heterocycles. The number of fused-ring (bicyclic) bond motifs is 1. The monoisotopic (exact) mass is 384 g/mol. The summed E-state index contributed by atoms with van der Waals surface area (Å²) >= 11 is 0. The molecule has 3 rings (SSSR count). The molecule has 6 heteroatoms. The van der Waals surface area contributed by atoms with Crippen LogP contribution in [0.2, 0.25) is 0 Å². The standard InChI is InChI=1S/C21H28N4OS/c1-7-25-19-13-10-16(14-18(19)23-20(25)21(2,3)4)24(6)27(26)17-11-8-15(22-5)9-12-17/h8-14,22H,7H2,1-6H3. The maximum Gasteiger partial charge on any atom is 0.152 e. The lowest BCUT2D eigenvalue weighted by molar-refractivity contribution is 0.512. The summed E-state index contributed by atoms with van der Waals surface area (Å²) in [5.41, 5.74) is 3.91. The molecule has 5 nitrogen and oxygen atoms in total. The fourth-order valence-electron chi connectivity index (χ4n) is 3.20. The van der Waals surface area contributed by atoms with Crippen LogP contribution in [0.3, 0.4) is 0 Å². The zero-order chi connectivity index (χ0) is 19.8. The number of hydrogen-bond acceptors (Lipinski definition) is 3. The third kappa shape index (κ3) is 3.72. The van der Waals surface area contributed by atoms with Crippen LogP contribution in [0.15, 0.2) is 47.4 Å². The van der Waals surface area contributed by atoms with Crippen molar-refractivity contribution in [3.8, 4) is 0 Å². The van der Waals surface area contributed by atoms with Gasteiger partial charge in [0.15, 0.2) is 11.0 Å². The number of hydrogen-bond donors (Lipinski definition) is 1. The molecule has 1 N–H and O–H groups in total. The number of nitrogens with one attached hydrogen (secondary N) is 1. The maximum absolute atomic E-state index is 13.0. The lowest BCUT2D eigenvalue weighted by Gasteiger charge is -2.19. The first-order chi connectivity index (χ1) is 12.8. The van der Waals surface area contributed by atoms with Gasteiger partial charge in [0.2, 0.25) is 0 Å². The van der Waals surface area contributed by atoms with Crippen LogP contribution in [-0.2, 0) is 22.9 Å².